The fourth-order valence-electron chi connectivity index (χ4n) is 9.30. The van der Waals surface area contributed by atoms with Gasteiger partial charge in [-0.25, -0.2) is 4.39 Å². The third-order valence-corrected chi connectivity index (χ3v) is 11.9. The molecule has 5 heteroatoms. The smallest absolute Gasteiger partial charge is 0.221 e. The summed E-state index contributed by atoms with van der Waals surface area (Å²) in [5, 5.41) is 8.89. The van der Waals surface area contributed by atoms with E-state index in [9.17, 15) is 0 Å². The van der Waals surface area contributed by atoms with Gasteiger partial charge in [-0.2, -0.15) is 14.2 Å². The van der Waals surface area contributed by atoms with Crippen molar-refractivity contribution in [2.75, 3.05) is 6.54 Å². The Bertz CT molecular complexity index is 1800. The minimum Gasteiger partial charge on any atom is -0.254 e. The Balaban J connectivity index is 1.69. The summed E-state index contributed by atoms with van der Waals surface area (Å²) in [5.41, 5.74) is 7.99. The zero-order chi connectivity index (χ0) is 32.5. The number of aryl methyl sites for hydroxylation is 1. The Morgan fingerprint density at radius 2 is 1.84 bits per heavy atom. The van der Waals surface area contributed by atoms with Crippen molar-refractivity contribution >= 4 is 23.2 Å². The molecule has 2 aliphatic heterocycles. The van der Waals surface area contributed by atoms with Gasteiger partial charge in [0.05, 0.1) is 16.4 Å². The molecule has 3 atom stereocenters. The molecule has 236 valence electrons. The summed E-state index contributed by atoms with van der Waals surface area (Å²) >= 11 is 0. The van der Waals surface area contributed by atoms with E-state index in [2.05, 4.69) is 126 Å². The summed E-state index contributed by atoms with van der Waals surface area (Å²) in [6.07, 6.45) is 12.7. The molecule has 0 bridgehead atoms. The fraction of sp³-hybridized carbons (Fsp3) is 0.475. The third kappa shape index (κ3) is 4.18. The van der Waals surface area contributed by atoms with Gasteiger partial charge in [0.25, 0.3) is 0 Å². The number of nitrogens with zero attached hydrogens (tertiary/aromatic N) is 4. The van der Waals surface area contributed by atoms with Crippen LogP contribution in [0.2, 0.25) is 0 Å². The van der Waals surface area contributed by atoms with E-state index in [-0.39, 0.29) is 22.8 Å². The highest BCUT2D eigenvalue weighted by Gasteiger charge is 2.63. The average Bonchev–Trinajstić information content (AvgIpc) is 3.03. The van der Waals surface area contributed by atoms with Crippen LogP contribution >= 0.6 is 0 Å². The maximum absolute atomic E-state index is 16.5. The molecule has 0 radical (unpaired) electrons. The number of halogens is 1. The maximum atomic E-state index is 16.5. The van der Waals surface area contributed by atoms with E-state index in [4.69, 9.17) is 0 Å². The van der Waals surface area contributed by atoms with Crippen LogP contribution in [0.4, 0.5) is 4.39 Å². The summed E-state index contributed by atoms with van der Waals surface area (Å²) in [4.78, 5) is 0. The second-order valence-electron chi connectivity index (χ2n) is 14.3. The Morgan fingerprint density at radius 3 is 2.49 bits per heavy atom. The maximum Gasteiger partial charge on any atom is 0.221 e. The molecule has 0 N–H and O–H groups in total. The number of unbranched alkanes of at least 4 members (excludes halogenated alkanes) is 1. The molecule has 1 aliphatic carbocycles. The first-order valence-corrected chi connectivity index (χ1v) is 17.0. The molecule has 6 rings (SSSR count). The van der Waals surface area contributed by atoms with Gasteiger partial charge in [-0.15, -0.1) is 0 Å². The zero-order valence-corrected chi connectivity index (χ0v) is 28.7. The van der Waals surface area contributed by atoms with Crippen LogP contribution in [0, 0.1) is 5.82 Å². The highest BCUT2D eigenvalue weighted by atomic mass is 19.1. The minimum absolute atomic E-state index is 0.104. The number of benzene rings is 2. The highest BCUT2D eigenvalue weighted by molar-refractivity contribution is 6.02. The number of hydrogen-bond acceptors (Lipinski definition) is 2. The van der Waals surface area contributed by atoms with Crippen LogP contribution in [0.3, 0.4) is 0 Å². The van der Waals surface area contributed by atoms with Gasteiger partial charge < -0.3 is 0 Å². The van der Waals surface area contributed by atoms with Crippen LogP contribution in [-0.2, 0) is 22.8 Å². The van der Waals surface area contributed by atoms with E-state index in [0.29, 0.717) is 6.54 Å². The first kappa shape index (κ1) is 31.4. The molecule has 0 saturated heterocycles. The van der Waals surface area contributed by atoms with Crippen LogP contribution in [0.15, 0.2) is 66.2 Å². The molecule has 3 heterocycles. The van der Waals surface area contributed by atoms with E-state index in [1.165, 1.54) is 33.2 Å². The number of allylic oxidation sites excluding steroid dienone is 2. The Labute approximate surface area is 269 Å². The van der Waals surface area contributed by atoms with Gasteiger partial charge in [-0.1, -0.05) is 65.8 Å². The fourth-order valence-corrected chi connectivity index (χ4v) is 9.30. The van der Waals surface area contributed by atoms with Crippen molar-refractivity contribution in [3.05, 3.63) is 89.2 Å². The Hall–Kier alpha value is -3.60. The monoisotopic (exact) mass is 606 g/mol. The van der Waals surface area contributed by atoms with E-state index in [1.807, 2.05) is 5.01 Å². The lowest BCUT2D eigenvalue weighted by Gasteiger charge is -2.51. The first-order chi connectivity index (χ1) is 21.4. The van der Waals surface area contributed by atoms with Crippen LogP contribution in [0.25, 0.3) is 22.0 Å². The van der Waals surface area contributed by atoms with E-state index >= 15 is 4.39 Å². The summed E-state index contributed by atoms with van der Waals surface area (Å²) < 4.78 is 21.4. The molecule has 0 amide bonds. The van der Waals surface area contributed by atoms with Crippen molar-refractivity contribution < 1.29 is 13.5 Å². The molecule has 2 aromatic carbocycles. The number of rotatable bonds is 9. The summed E-state index contributed by atoms with van der Waals surface area (Å²) in [6.45, 7) is 26.9. The van der Waals surface area contributed by atoms with E-state index in [1.54, 1.807) is 6.07 Å². The quantitative estimate of drug-likeness (QED) is 0.176. The molecular weight excluding hydrogens is 555 g/mol. The normalized spacial score (nSPS) is 25.0. The Kier molecular flexibility index (Phi) is 7.69. The van der Waals surface area contributed by atoms with Gasteiger partial charge >= 0.3 is 0 Å². The van der Waals surface area contributed by atoms with Crippen LogP contribution < -0.4 is 4.57 Å². The Morgan fingerprint density at radius 1 is 1.09 bits per heavy atom. The largest absolute Gasteiger partial charge is 0.254 e. The number of hydrazone groups is 1. The number of hydrogen-bond donors (Lipinski definition) is 0. The molecule has 0 fully saturated rings. The number of pyridine rings is 1. The average molecular weight is 607 g/mol. The van der Waals surface area contributed by atoms with E-state index < -0.39 is 5.41 Å². The van der Waals surface area contributed by atoms with Crippen molar-refractivity contribution in [3.63, 3.8) is 0 Å². The van der Waals surface area contributed by atoms with Crippen molar-refractivity contribution in [3.8, 4) is 11.3 Å². The lowest BCUT2D eigenvalue weighted by Crippen LogP contribution is -2.70. The van der Waals surface area contributed by atoms with Crippen molar-refractivity contribution in [2.45, 2.75) is 116 Å². The van der Waals surface area contributed by atoms with Crippen molar-refractivity contribution in [1.82, 2.24) is 5.01 Å². The summed E-state index contributed by atoms with van der Waals surface area (Å²) in [5.74, 6) is -0.104. The molecule has 0 saturated carbocycles. The van der Waals surface area contributed by atoms with E-state index in [0.717, 1.165) is 61.1 Å². The standard InChI is InChI=1S/C40H51FN4/c1-11-15-16-28-22-29-19-21-44-37-34(29)32(23-28)38(7,8)36-33(41)18-17-31(35(36)37)40(14-4,39(44,9)13-3)24-30-25-45(42-10)27(6)26(5)43(30)20-12-2/h12,17-23,30H,6,10-11,13-16,24-25H2,1-5,7-9H3/q+2. The van der Waals surface area contributed by atoms with Crippen LogP contribution in [-0.4, -0.2) is 34.6 Å². The molecular formula is C40H51FN4+2. The molecule has 3 aliphatic rings. The molecule has 45 heavy (non-hydrogen) atoms. The van der Waals surface area contributed by atoms with Crippen molar-refractivity contribution in [2.24, 2.45) is 5.10 Å². The zero-order valence-electron chi connectivity index (χ0n) is 28.7. The predicted molar refractivity (Wildman–Crippen MR) is 186 cm³/mol. The summed E-state index contributed by atoms with van der Waals surface area (Å²) in [6, 6.07) is 11.1. The highest BCUT2D eigenvalue weighted by Crippen LogP contribution is 2.59. The lowest BCUT2D eigenvalue weighted by atomic mass is 9.54. The third-order valence-electron chi connectivity index (χ3n) is 11.9. The molecule has 1 aromatic heterocycles. The minimum atomic E-state index is -0.477. The van der Waals surface area contributed by atoms with Gasteiger partial charge in [0.15, 0.2) is 24.0 Å². The topological polar surface area (TPSA) is 22.5 Å². The molecule has 4 nitrogen and oxygen atoms in total. The lowest BCUT2D eigenvalue weighted by molar-refractivity contribution is -0.766. The SMILES string of the molecule is C=NN1CC(CC2(CC)c3ccc(F)c4c3-c3c5c(cc(CCCC)cc5cc[n+]3C2(C)CC)C4(C)C)[N+](C=CC)=C(C)C1=C. The van der Waals surface area contributed by atoms with Gasteiger partial charge in [0, 0.05) is 50.5 Å². The van der Waals surface area contributed by atoms with Crippen LogP contribution in [0.1, 0.15) is 110 Å². The summed E-state index contributed by atoms with van der Waals surface area (Å²) in [7, 11) is 0. The van der Waals surface area contributed by atoms with Crippen molar-refractivity contribution in [1.29, 1.82) is 0 Å². The second-order valence-corrected chi connectivity index (χ2v) is 14.3. The predicted octanol–water partition coefficient (Wildman–Crippen LogP) is 8.91. The van der Waals surface area contributed by atoms with Gasteiger partial charge in [0.2, 0.25) is 11.4 Å². The molecule has 3 aromatic rings. The van der Waals surface area contributed by atoms with Crippen LogP contribution in [0.5, 0.6) is 0 Å². The molecule has 0 spiro atoms. The number of aromatic nitrogens is 1. The molecule has 3 unspecified atom stereocenters. The van der Waals surface area contributed by atoms with Gasteiger partial charge in [0.1, 0.15) is 18.1 Å². The second kappa shape index (κ2) is 11.0. The van der Waals surface area contributed by atoms with Gasteiger partial charge in [-0.3, -0.25) is 5.01 Å². The van der Waals surface area contributed by atoms with Gasteiger partial charge in [-0.05, 0) is 60.4 Å². The first-order valence-electron chi connectivity index (χ1n) is 17.0.